The van der Waals surface area contributed by atoms with Crippen LogP contribution in [0.25, 0.3) is 0 Å². The zero-order valence-corrected chi connectivity index (χ0v) is 13.2. The number of carboxylic acids is 1. The Balaban J connectivity index is 2.39. The molecule has 1 aliphatic rings. The molecule has 1 heterocycles. The summed E-state index contributed by atoms with van der Waals surface area (Å²) >= 11 is 0. The van der Waals surface area contributed by atoms with Crippen LogP contribution in [0.5, 0.6) is 0 Å². The Morgan fingerprint density at radius 3 is 2.10 bits per heavy atom. The highest BCUT2D eigenvalue weighted by Crippen LogP contribution is 2.12. The van der Waals surface area contributed by atoms with Crippen LogP contribution in [-0.4, -0.2) is 71.5 Å². The number of carbonyl (C=O) groups excluding carboxylic acids is 2. The zero-order valence-electron chi connectivity index (χ0n) is 13.2. The summed E-state index contributed by atoms with van der Waals surface area (Å²) in [7, 11) is 0. The van der Waals surface area contributed by atoms with E-state index >= 15 is 0 Å². The minimum absolute atomic E-state index is 0.00934. The van der Waals surface area contributed by atoms with Gasteiger partial charge in [0.2, 0.25) is 11.8 Å². The molecule has 1 unspecified atom stereocenters. The number of nitrogens with zero attached hydrogens (tertiary/aromatic N) is 2. The van der Waals surface area contributed by atoms with Crippen molar-refractivity contribution in [2.45, 2.75) is 33.7 Å². The summed E-state index contributed by atoms with van der Waals surface area (Å²) in [5, 5.41) is 11.6. The van der Waals surface area contributed by atoms with E-state index in [1.807, 2.05) is 4.90 Å². The zero-order chi connectivity index (χ0) is 16.2. The van der Waals surface area contributed by atoms with Crippen LogP contribution in [-0.2, 0) is 14.4 Å². The van der Waals surface area contributed by atoms with Gasteiger partial charge in [-0.15, -0.1) is 0 Å². The third kappa shape index (κ3) is 5.00. The van der Waals surface area contributed by atoms with Crippen molar-refractivity contribution < 1.29 is 19.5 Å². The lowest BCUT2D eigenvalue weighted by molar-refractivity contribution is -0.144. The first-order chi connectivity index (χ1) is 9.62. The molecule has 1 fully saturated rings. The smallest absolute Gasteiger partial charge is 0.320 e. The molecule has 1 aliphatic heterocycles. The van der Waals surface area contributed by atoms with Gasteiger partial charge in [-0.05, 0) is 6.92 Å². The lowest BCUT2D eigenvalue weighted by Gasteiger charge is -2.36. The van der Waals surface area contributed by atoms with Crippen molar-refractivity contribution in [1.82, 2.24) is 15.1 Å². The van der Waals surface area contributed by atoms with E-state index in [2.05, 4.69) is 5.32 Å². The predicted octanol–water partition coefficient (Wildman–Crippen LogP) is -0.234. The van der Waals surface area contributed by atoms with E-state index < -0.39 is 17.4 Å². The number of hydrogen-bond donors (Lipinski definition) is 2. The van der Waals surface area contributed by atoms with Crippen molar-refractivity contribution in [2.75, 3.05) is 32.7 Å². The molecule has 7 heteroatoms. The van der Waals surface area contributed by atoms with Crippen molar-refractivity contribution in [3.05, 3.63) is 0 Å². The number of aliphatic carboxylic acids is 1. The van der Waals surface area contributed by atoms with Crippen LogP contribution in [0.15, 0.2) is 0 Å². The van der Waals surface area contributed by atoms with Gasteiger partial charge in [0.05, 0.1) is 6.54 Å². The molecule has 1 atom stereocenters. The number of piperazine rings is 1. The first-order valence-corrected chi connectivity index (χ1v) is 7.16. The lowest BCUT2D eigenvalue weighted by atomic mass is 9.96. The topological polar surface area (TPSA) is 89.9 Å². The number of hydrogen-bond acceptors (Lipinski definition) is 4. The minimum atomic E-state index is -0.854. The average Bonchev–Trinajstić information content (AvgIpc) is 2.42. The van der Waals surface area contributed by atoms with E-state index in [-0.39, 0.29) is 18.4 Å². The predicted molar refractivity (Wildman–Crippen MR) is 77.7 cm³/mol. The van der Waals surface area contributed by atoms with Gasteiger partial charge in [0, 0.05) is 31.6 Å². The third-order valence-corrected chi connectivity index (χ3v) is 3.65. The molecule has 0 radical (unpaired) electrons. The molecular weight excluding hydrogens is 274 g/mol. The van der Waals surface area contributed by atoms with Gasteiger partial charge in [-0.25, -0.2) is 0 Å². The summed E-state index contributed by atoms with van der Waals surface area (Å²) in [6.45, 7) is 9.05. The van der Waals surface area contributed by atoms with E-state index in [0.717, 1.165) is 0 Å². The number of rotatable bonds is 4. The number of carboxylic acid groups (broad SMARTS) is 1. The maximum absolute atomic E-state index is 12.0. The fraction of sp³-hybridized carbons (Fsp3) is 0.786. The molecule has 2 amide bonds. The molecule has 2 N–H and O–H groups in total. The summed E-state index contributed by atoms with van der Waals surface area (Å²) in [6.07, 6.45) is 0. The van der Waals surface area contributed by atoms with E-state index in [4.69, 9.17) is 5.11 Å². The third-order valence-electron chi connectivity index (χ3n) is 3.65. The summed E-state index contributed by atoms with van der Waals surface area (Å²) in [4.78, 5) is 38.1. The molecule has 0 aromatic carbocycles. The van der Waals surface area contributed by atoms with Gasteiger partial charge in [-0.2, -0.15) is 0 Å². The highest BCUT2D eigenvalue weighted by Gasteiger charge is 2.28. The largest absolute Gasteiger partial charge is 0.480 e. The average molecular weight is 299 g/mol. The van der Waals surface area contributed by atoms with Gasteiger partial charge in [0.1, 0.15) is 6.04 Å². The first kappa shape index (κ1) is 17.4. The van der Waals surface area contributed by atoms with Crippen LogP contribution >= 0.6 is 0 Å². The number of amides is 2. The maximum Gasteiger partial charge on any atom is 0.320 e. The fourth-order valence-electron chi connectivity index (χ4n) is 2.05. The van der Waals surface area contributed by atoms with Crippen molar-refractivity contribution in [3.8, 4) is 0 Å². The van der Waals surface area contributed by atoms with Gasteiger partial charge in [0.15, 0.2) is 0 Å². The van der Waals surface area contributed by atoms with Gasteiger partial charge in [-0.3, -0.25) is 19.3 Å². The molecule has 0 bridgehead atoms. The normalized spacial score (nSPS) is 18.2. The van der Waals surface area contributed by atoms with Crippen LogP contribution in [0.4, 0.5) is 0 Å². The Hall–Kier alpha value is -1.63. The highest BCUT2D eigenvalue weighted by atomic mass is 16.4. The molecule has 0 aromatic heterocycles. The molecule has 0 saturated carbocycles. The molecular formula is C14H25N3O4. The first-order valence-electron chi connectivity index (χ1n) is 7.16. The van der Waals surface area contributed by atoms with Crippen molar-refractivity contribution in [2.24, 2.45) is 5.41 Å². The summed E-state index contributed by atoms with van der Waals surface area (Å²) in [5.74, 6) is -1.14. The number of carbonyl (C=O) groups is 3. The van der Waals surface area contributed by atoms with Crippen molar-refractivity contribution in [3.63, 3.8) is 0 Å². The SMILES string of the molecule is CC(C(=O)O)N1CCN(C(=O)CNC(=O)C(C)(C)C)CC1. The van der Waals surface area contributed by atoms with Crippen molar-refractivity contribution in [1.29, 1.82) is 0 Å². The molecule has 0 aromatic rings. The second kappa shape index (κ2) is 6.89. The summed E-state index contributed by atoms with van der Waals surface area (Å²) in [5.41, 5.74) is -0.518. The van der Waals surface area contributed by atoms with Gasteiger partial charge in [-0.1, -0.05) is 20.8 Å². The maximum atomic E-state index is 12.0. The van der Waals surface area contributed by atoms with E-state index in [1.165, 1.54) is 0 Å². The Morgan fingerprint density at radius 1 is 1.14 bits per heavy atom. The molecule has 0 spiro atoms. The summed E-state index contributed by atoms with van der Waals surface area (Å²) < 4.78 is 0. The second-order valence-corrected chi connectivity index (χ2v) is 6.36. The Morgan fingerprint density at radius 2 is 1.67 bits per heavy atom. The van der Waals surface area contributed by atoms with E-state index in [9.17, 15) is 14.4 Å². The Labute approximate surface area is 125 Å². The molecule has 0 aliphatic carbocycles. The van der Waals surface area contributed by atoms with Crippen LogP contribution < -0.4 is 5.32 Å². The highest BCUT2D eigenvalue weighted by molar-refractivity contribution is 5.87. The van der Waals surface area contributed by atoms with Gasteiger partial charge in [0.25, 0.3) is 0 Å². The summed E-state index contributed by atoms with van der Waals surface area (Å²) in [6, 6.07) is -0.539. The van der Waals surface area contributed by atoms with Crippen LogP contribution in [0.1, 0.15) is 27.7 Å². The molecule has 21 heavy (non-hydrogen) atoms. The van der Waals surface area contributed by atoms with Crippen LogP contribution in [0, 0.1) is 5.41 Å². The quantitative estimate of drug-likeness (QED) is 0.748. The van der Waals surface area contributed by atoms with E-state index in [1.54, 1.807) is 32.6 Å². The Bertz CT molecular complexity index is 409. The second-order valence-electron chi connectivity index (χ2n) is 6.36. The fourth-order valence-corrected chi connectivity index (χ4v) is 2.05. The number of nitrogens with one attached hydrogen (secondary N) is 1. The molecule has 7 nitrogen and oxygen atoms in total. The van der Waals surface area contributed by atoms with Gasteiger partial charge < -0.3 is 15.3 Å². The van der Waals surface area contributed by atoms with E-state index in [0.29, 0.717) is 26.2 Å². The Kier molecular flexibility index (Phi) is 5.71. The van der Waals surface area contributed by atoms with Crippen LogP contribution in [0.3, 0.4) is 0 Å². The standard InChI is InChI=1S/C14H25N3O4/c1-10(12(19)20)16-5-7-17(8-6-16)11(18)9-15-13(21)14(2,3)4/h10H,5-9H2,1-4H3,(H,15,21)(H,19,20). The molecule has 1 saturated heterocycles. The molecule has 120 valence electrons. The van der Waals surface area contributed by atoms with Gasteiger partial charge >= 0.3 is 5.97 Å². The van der Waals surface area contributed by atoms with Crippen molar-refractivity contribution >= 4 is 17.8 Å². The minimum Gasteiger partial charge on any atom is -0.480 e. The lowest BCUT2D eigenvalue weighted by Crippen LogP contribution is -2.54. The van der Waals surface area contributed by atoms with Crippen LogP contribution in [0.2, 0.25) is 0 Å². The molecule has 1 rings (SSSR count). The monoisotopic (exact) mass is 299 g/mol.